The van der Waals surface area contributed by atoms with Gasteiger partial charge in [-0.25, -0.2) is 8.42 Å². The van der Waals surface area contributed by atoms with Crippen molar-refractivity contribution in [2.24, 2.45) is 16.8 Å². The van der Waals surface area contributed by atoms with Gasteiger partial charge in [-0.1, -0.05) is 20.8 Å². The largest absolute Gasteiger partial charge is 0.356 e. The molecule has 2 fully saturated rings. The van der Waals surface area contributed by atoms with Crippen molar-refractivity contribution < 1.29 is 8.42 Å². The zero-order chi connectivity index (χ0) is 16.9. The van der Waals surface area contributed by atoms with Crippen molar-refractivity contribution in [3.63, 3.8) is 0 Å². The number of thioether (sulfide) groups is 1. The second-order valence-electron chi connectivity index (χ2n) is 7.06. The SMILES string of the molecule is CCC1CN(C(=NCC(C)C)NCC2CCS(=O)(=O)C2)CCS1.I. The van der Waals surface area contributed by atoms with E-state index in [-0.39, 0.29) is 29.9 Å². The highest BCUT2D eigenvalue weighted by molar-refractivity contribution is 14.0. The first-order valence-electron chi connectivity index (χ1n) is 8.75. The van der Waals surface area contributed by atoms with Crippen molar-refractivity contribution >= 4 is 51.5 Å². The van der Waals surface area contributed by atoms with Crippen LogP contribution >= 0.6 is 35.7 Å². The zero-order valence-electron chi connectivity index (χ0n) is 15.0. The minimum Gasteiger partial charge on any atom is -0.356 e. The molecule has 1 N–H and O–H groups in total. The van der Waals surface area contributed by atoms with Crippen LogP contribution < -0.4 is 5.32 Å². The predicted molar refractivity (Wildman–Crippen MR) is 115 cm³/mol. The Morgan fingerprint density at radius 3 is 2.75 bits per heavy atom. The molecule has 0 spiro atoms. The molecule has 0 bridgehead atoms. The van der Waals surface area contributed by atoms with Crippen molar-refractivity contribution in [2.75, 3.05) is 43.4 Å². The first-order chi connectivity index (χ1) is 10.9. The Hall–Kier alpha value is 0.300. The number of guanidine groups is 1. The molecule has 24 heavy (non-hydrogen) atoms. The van der Waals surface area contributed by atoms with Crippen LogP contribution in [0.4, 0.5) is 0 Å². The van der Waals surface area contributed by atoms with Gasteiger partial charge >= 0.3 is 0 Å². The van der Waals surface area contributed by atoms with Gasteiger partial charge in [0.2, 0.25) is 0 Å². The summed E-state index contributed by atoms with van der Waals surface area (Å²) in [5, 5.41) is 4.14. The molecule has 0 radical (unpaired) electrons. The van der Waals surface area contributed by atoms with Crippen LogP contribution in [-0.4, -0.2) is 68.0 Å². The molecule has 2 unspecified atom stereocenters. The van der Waals surface area contributed by atoms with Gasteiger partial charge in [0.05, 0.1) is 11.5 Å². The molecule has 2 aliphatic rings. The molecule has 0 aromatic heterocycles. The summed E-state index contributed by atoms with van der Waals surface area (Å²) in [5.41, 5.74) is 0. The van der Waals surface area contributed by atoms with E-state index in [1.54, 1.807) is 0 Å². The van der Waals surface area contributed by atoms with Crippen LogP contribution in [0.1, 0.15) is 33.6 Å². The Morgan fingerprint density at radius 1 is 1.42 bits per heavy atom. The minimum absolute atomic E-state index is 0. The van der Waals surface area contributed by atoms with Crippen molar-refractivity contribution in [3.8, 4) is 0 Å². The molecule has 2 rings (SSSR count). The van der Waals surface area contributed by atoms with E-state index in [0.717, 1.165) is 44.3 Å². The van der Waals surface area contributed by atoms with Crippen molar-refractivity contribution in [2.45, 2.75) is 38.9 Å². The molecular formula is C16H32IN3O2S2. The standard InChI is InChI=1S/C16H31N3O2S2.HI/c1-4-15-11-19(6-7-22-15)16(17-9-13(2)3)18-10-14-5-8-23(20,21)12-14;/h13-15H,4-12H2,1-3H3,(H,17,18);1H. The molecule has 2 heterocycles. The Bertz CT molecular complexity index is 511. The zero-order valence-corrected chi connectivity index (χ0v) is 19.0. The van der Waals surface area contributed by atoms with Crippen LogP contribution in [0.5, 0.6) is 0 Å². The van der Waals surface area contributed by atoms with Gasteiger partial charge in [-0.3, -0.25) is 4.99 Å². The van der Waals surface area contributed by atoms with Crippen LogP contribution in [0.2, 0.25) is 0 Å². The van der Waals surface area contributed by atoms with Gasteiger partial charge in [-0.05, 0) is 24.7 Å². The first-order valence-corrected chi connectivity index (χ1v) is 11.6. The maximum atomic E-state index is 11.6. The fourth-order valence-electron chi connectivity index (χ4n) is 2.96. The molecule has 2 aliphatic heterocycles. The molecule has 0 aromatic rings. The highest BCUT2D eigenvalue weighted by Gasteiger charge is 2.28. The van der Waals surface area contributed by atoms with Gasteiger partial charge in [0, 0.05) is 37.2 Å². The van der Waals surface area contributed by atoms with Gasteiger partial charge < -0.3 is 10.2 Å². The second-order valence-corrected chi connectivity index (χ2v) is 10.7. The normalized spacial score (nSPS) is 27.2. The van der Waals surface area contributed by atoms with E-state index in [2.05, 4.69) is 31.0 Å². The molecule has 2 saturated heterocycles. The number of hydrogen-bond acceptors (Lipinski definition) is 4. The lowest BCUT2D eigenvalue weighted by atomic mass is 10.1. The summed E-state index contributed by atoms with van der Waals surface area (Å²) < 4.78 is 23.2. The summed E-state index contributed by atoms with van der Waals surface area (Å²) in [5.74, 6) is 3.53. The highest BCUT2D eigenvalue weighted by atomic mass is 127. The fraction of sp³-hybridized carbons (Fsp3) is 0.938. The molecular weight excluding hydrogens is 457 g/mol. The number of rotatable bonds is 5. The fourth-order valence-corrected chi connectivity index (χ4v) is 6.01. The Balaban J connectivity index is 0.00000288. The van der Waals surface area contributed by atoms with Crippen molar-refractivity contribution in [1.29, 1.82) is 0 Å². The van der Waals surface area contributed by atoms with E-state index in [1.165, 1.54) is 6.42 Å². The summed E-state index contributed by atoms with van der Waals surface area (Å²) in [6.07, 6.45) is 1.96. The van der Waals surface area contributed by atoms with Crippen molar-refractivity contribution in [1.82, 2.24) is 10.2 Å². The third-order valence-electron chi connectivity index (χ3n) is 4.38. The minimum atomic E-state index is -2.80. The number of sulfone groups is 1. The third-order valence-corrected chi connectivity index (χ3v) is 7.58. The number of nitrogens with one attached hydrogen (secondary N) is 1. The smallest absolute Gasteiger partial charge is 0.194 e. The van der Waals surface area contributed by atoms with Crippen LogP contribution in [0.25, 0.3) is 0 Å². The van der Waals surface area contributed by atoms with Crippen molar-refractivity contribution in [3.05, 3.63) is 0 Å². The van der Waals surface area contributed by atoms with Gasteiger partial charge in [0.1, 0.15) is 0 Å². The summed E-state index contributed by atoms with van der Waals surface area (Å²) in [6, 6.07) is 0. The molecule has 5 nitrogen and oxygen atoms in total. The van der Waals surface area contributed by atoms with E-state index in [0.29, 0.717) is 22.7 Å². The monoisotopic (exact) mass is 489 g/mol. The Labute approximate surface area is 168 Å². The van der Waals surface area contributed by atoms with E-state index in [4.69, 9.17) is 4.99 Å². The predicted octanol–water partition coefficient (Wildman–Crippen LogP) is 2.47. The maximum Gasteiger partial charge on any atom is 0.194 e. The van der Waals surface area contributed by atoms with E-state index in [1.807, 2.05) is 11.8 Å². The van der Waals surface area contributed by atoms with Crippen LogP contribution in [0.3, 0.4) is 0 Å². The van der Waals surface area contributed by atoms with E-state index < -0.39 is 9.84 Å². The summed E-state index contributed by atoms with van der Waals surface area (Å²) in [6.45, 7) is 10.2. The van der Waals surface area contributed by atoms with Crippen LogP contribution in [0, 0.1) is 11.8 Å². The molecule has 2 atom stereocenters. The van der Waals surface area contributed by atoms with E-state index >= 15 is 0 Å². The number of hydrogen-bond donors (Lipinski definition) is 1. The van der Waals surface area contributed by atoms with Gasteiger partial charge in [0.15, 0.2) is 15.8 Å². The van der Waals surface area contributed by atoms with Gasteiger partial charge in [-0.15, -0.1) is 24.0 Å². The quantitative estimate of drug-likeness (QED) is 0.365. The topological polar surface area (TPSA) is 61.8 Å². The lowest BCUT2D eigenvalue weighted by Gasteiger charge is -2.35. The highest BCUT2D eigenvalue weighted by Crippen LogP contribution is 2.22. The molecule has 8 heteroatoms. The average Bonchev–Trinajstić information content (AvgIpc) is 2.86. The number of aliphatic imine (C=N–C) groups is 1. The lowest BCUT2D eigenvalue weighted by Crippen LogP contribution is -2.49. The second kappa shape index (κ2) is 10.4. The Kier molecular flexibility index (Phi) is 9.73. The van der Waals surface area contributed by atoms with Crippen LogP contribution in [-0.2, 0) is 9.84 Å². The first kappa shape index (κ1) is 22.3. The molecule has 0 amide bonds. The lowest BCUT2D eigenvalue weighted by molar-refractivity contribution is 0.400. The Morgan fingerprint density at radius 2 is 2.17 bits per heavy atom. The summed E-state index contributed by atoms with van der Waals surface area (Å²) in [7, 11) is -2.80. The maximum absolute atomic E-state index is 11.6. The molecule has 142 valence electrons. The summed E-state index contributed by atoms with van der Waals surface area (Å²) in [4.78, 5) is 7.14. The third kappa shape index (κ3) is 7.27. The number of halogens is 1. The van der Waals surface area contributed by atoms with E-state index in [9.17, 15) is 8.42 Å². The summed E-state index contributed by atoms with van der Waals surface area (Å²) >= 11 is 2.05. The molecule has 0 saturated carbocycles. The molecule has 0 aliphatic carbocycles. The van der Waals surface area contributed by atoms with Gasteiger partial charge in [0.25, 0.3) is 0 Å². The molecule has 0 aromatic carbocycles. The van der Waals surface area contributed by atoms with Crippen LogP contribution in [0.15, 0.2) is 4.99 Å². The number of nitrogens with zero attached hydrogens (tertiary/aromatic N) is 2. The average molecular weight is 489 g/mol. The van der Waals surface area contributed by atoms with Gasteiger partial charge in [-0.2, -0.15) is 11.8 Å².